The molecule has 2 unspecified atom stereocenters. The first-order chi connectivity index (χ1) is 12.1. The summed E-state index contributed by atoms with van der Waals surface area (Å²) in [6.07, 6.45) is 6.13. The van der Waals surface area contributed by atoms with Crippen molar-refractivity contribution in [2.24, 2.45) is 23.7 Å². The molecule has 2 N–H and O–H groups in total. The number of nitrogens with one attached hydrogen (secondary N) is 1. The lowest BCUT2D eigenvalue weighted by molar-refractivity contribution is -0.147. The van der Waals surface area contributed by atoms with E-state index in [1.165, 1.54) is 0 Å². The molecule has 2 saturated carbocycles. The molecule has 1 saturated heterocycles. The third-order valence-electron chi connectivity index (χ3n) is 6.52. The van der Waals surface area contributed by atoms with Gasteiger partial charge in [0.2, 0.25) is 0 Å². The Hall–Kier alpha value is -2.06. The molecule has 1 heterocycles. The van der Waals surface area contributed by atoms with Crippen LogP contribution >= 0.6 is 0 Å². The summed E-state index contributed by atoms with van der Waals surface area (Å²) in [5.41, 5.74) is -0.730. The molecule has 1 amide bonds. The second-order valence-corrected chi connectivity index (χ2v) is 7.82. The van der Waals surface area contributed by atoms with E-state index in [0.29, 0.717) is 29.9 Å². The molecule has 2 aliphatic carbocycles. The van der Waals surface area contributed by atoms with E-state index in [1.807, 2.05) is 30.3 Å². The lowest BCUT2D eigenvalue weighted by atomic mass is 9.79. The summed E-state index contributed by atoms with van der Waals surface area (Å²) >= 11 is 0. The highest BCUT2D eigenvalue weighted by Crippen LogP contribution is 2.51. The fourth-order valence-electron chi connectivity index (χ4n) is 4.97. The van der Waals surface area contributed by atoms with Crippen LogP contribution in [0, 0.1) is 35.1 Å². The molecule has 1 aromatic carbocycles. The summed E-state index contributed by atoms with van der Waals surface area (Å²) in [6.45, 7) is 2.23. The predicted molar refractivity (Wildman–Crippen MR) is 93.0 cm³/mol. The Morgan fingerprint density at radius 1 is 1.24 bits per heavy atom. The molecule has 5 nitrogen and oxygen atoms in total. The number of benzene rings is 1. The highest BCUT2D eigenvalue weighted by molar-refractivity contribution is 5.86. The smallest absolute Gasteiger partial charge is 0.256 e. The summed E-state index contributed by atoms with van der Waals surface area (Å²) in [7, 11) is 0. The molecule has 25 heavy (non-hydrogen) atoms. The molecular weight excluding hydrogens is 314 g/mol. The average molecular weight is 339 g/mol. The number of likely N-dealkylation sites (tertiary alicyclic amines) is 1. The molecule has 0 bridgehead atoms. The molecule has 1 aromatic rings. The molecule has 5 heteroatoms. The minimum Gasteiger partial charge on any atom is -0.375 e. The molecule has 4 rings (SSSR count). The van der Waals surface area contributed by atoms with Crippen LogP contribution in [0.3, 0.4) is 0 Å². The fourth-order valence-corrected chi connectivity index (χ4v) is 4.97. The minimum absolute atomic E-state index is 0.0114. The van der Waals surface area contributed by atoms with Crippen molar-refractivity contribution in [2.45, 2.75) is 31.3 Å². The van der Waals surface area contributed by atoms with Gasteiger partial charge in [0.05, 0.1) is 0 Å². The molecule has 3 aliphatic rings. The predicted octanol–water partition coefficient (Wildman–Crippen LogP) is 1.84. The average Bonchev–Trinajstić information content (AvgIpc) is 3.09. The Bertz CT molecular complexity index is 668. The van der Waals surface area contributed by atoms with E-state index in [-0.39, 0.29) is 11.8 Å². The van der Waals surface area contributed by atoms with Crippen LogP contribution in [0.2, 0.25) is 0 Å². The molecule has 3 fully saturated rings. The number of hydrogen-bond donors (Lipinski definition) is 2. The maximum absolute atomic E-state index is 13.0. The first-order valence-corrected chi connectivity index (χ1v) is 9.35. The van der Waals surface area contributed by atoms with E-state index in [0.717, 1.165) is 38.8 Å². The Morgan fingerprint density at radius 3 is 2.48 bits per heavy atom. The minimum atomic E-state index is -1.43. The standard InChI is InChI=1S/C20H25N3O2/c21-13-23-11-17-16(18(17)12-23)10-22-19(24)20(25,15-8-4-5-9-15)14-6-2-1-3-7-14/h1-3,6-7,15-18,25H,4-5,8-12H2,(H,22,24)/t16-,17-,18?,20?/m1/s1. The maximum Gasteiger partial charge on any atom is 0.256 e. The zero-order chi connectivity index (χ0) is 17.4. The number of fused-ring (bicyclic) bond motifs is 1. The Kier molecular flexibility index (Phi) is 4.16. The van der Waals surface area contributed by atoms with Crippen LogP contribution in [0.5, 0.6) is 0 Å². The van der Waals surface area contributed by atoms with Crippen molar-refractivity contribution in [3.8, 4) is 6.19 Å². The normalized spacial score (nSPS) is 30.4. The van der Waals surface area contributed by atoms with Gasteiger partial charge >= 0.3 is 0 Å². The Morgan fingerprint density at radius 2 is 1.88 bits per heavy atom. The van der Waals surface area contributed by atoms with Crippen LogP contribution in [-0.4, -0.2) is 35.5 Å². The lowest BCUT2D eigenvalue weighted by Gasteiger charge is -2.33. The van der Waals surface area contributed by atoms with Crippen LogP contribution in [0.25, 0.3) is 0 Å². The number of hydrogen-bond acceptors (Lipinski definition) is 4. The van der Waals surface area contributed by atoms with Gasteiger partial charge in [-0.15, -0.1) is 0 Å². The zero-order valence-corrected chi connectivity index (χ0v) is 14.4. The fraction of sp³-hybridized carbons (Fsp3) is 0.600. The van der Waals surface area contributed by atoms with Gasteiger partial charge < -0.3 is 15.3 Å². The third-order valence-corrected chi connectivity index (χ3v) is 6.52. The second-order valence-electron chi connectivity index (χ2n) is 7.82. The van der Waals surface area contributed by atoms with E-state index in [2.05, 4.69) is 11.5 Å². The first-order valence-electron chi connectivity index (χ1n) is 9.35. The molecule has 132 valence electrons. The number of nitriles is 1. The highest BCUT2D eigenvalue weighted by atomic mass is 16.3. The van der Waals surface area contributed by atoms with Gasteiger partial charge in [0.15, 0.2) is 11.8 Å². The van der Waals surface area contributed by atoms with E-state index < -0.39 is 5.60 Å². The molecule has 1 aliphatic heterocycles. The van der Waals surface area contributed by atoms with E-state index in [4.69, 9.17) is 5.26 Å². The number of carbonyl (C=O) groups excluding carboxylic acids is 1. The third kappa shape index (κ3) is 2.79. The van der Waals surface area contributed by atoms with Crippen molar-refractivity contribution >= 4 is 5.91 Å². The van der Waals surface area contributed by atoms with Crippen molar-refractivity contribution < 1.29 is 9.90 Å². The molecule has 4 atom stereocenters. The lowest BCUT2D eigenvalue weighted by Crippen LogP contribution is -2.49. The number of amides is 1. The molecule has 0 radical (unpaired) electrons. The number of aliphatic hydroxyl groups is 1. The number of rotatable bonds is 5. The van der Waals surface area contributed by atoms with Crippen LogP contribution in [0.4, 0.5) is 0 Å². The Balaban J connectivity index is 1.43. The van der Waals surface area contributed by atoms with Crippen molar-refractivity contribution in [2.75, 3.05) is 19.6 Å². The largest absolute Gasteiger partial charge is 0.375 e. The molecular formula is C20H25N3O2. The van der Waals surface area contributed by atoms with Gasteiger partial charge in [0, 0.05) is 25.6 Å². The summed E-state index contributed by atoms with van der Waals surface area (Å²) < 4.78 is 0. The summed E-state index contributed by atoms with van der Waals surface area (Å²) in [5, 5.41) is 23.4. The maximum atomic E-state index is 13.0. The summed E-state index contributed by atoms with van der Waals surface area (Å²) in [4.78, 5) is 14.8. The summed E-state index contributed by atoms with van der Waals surface area (Å²) in [5.74, 6) is 1.24. The topological polar surface area (TPSA) is 76.4 Å². The van der Waals surface area contributed by atoms with Gasteiger partial charge in [0.25, 0.3) is 5.91 Å². The number of carbonyl (C=O) groups is 1. The number of piperidine rings is 1. The summed E-state index contributed by atoms with van der Waals surface area (Å²) in [6, 6.07) is 9.38. The van der Waals surface area contributed by atoms with Gasteiger partial charge in [-0.1, -0.05) is 43.2 Å². The van der Waals surface area contributed by atoms with Crippen LogP contribution < -0.4 is 5.32 Å². The van der Waals surface area contributed by atoms with Crippen LogP contribution in [0.1, 0.15) is 31.2 Å². The monoisotopic (exact) mass is 339 g/mol. The van der Waals surface area contributed by atoms with Gasteiger partial charge in [-0.3, -0.25) is 4.79 Å². The van der Waals surface area contributed by atoms with E-state index >= 15 is 0 Å². The molecule has 0 spiro atoms. The van der Waals surface area contributed by atoms with Gasteiger partial charge in [-0.25, -0.2) is 0 Å². The second kappa shape index (κ2) is 6.34. The van der Waals surface area contributed by atoms with Gasteiger partial charge in [-0.05, 0) is 36.2 Å². The van der Waals surface area contributed by atoms with Crippen LogP contribution in [-0.2, 0) is 10.4 Å². The van der Waals surface area contributed by atoms with Gasteiger partial charge in [-0.2, -0.15) is 5.26 Å². The van der Waals surface area contributed by atoms with Crippen molar-refractivity contribution in [3.05, 3.63) is 35.9 Å². The number of nitrogens with zero attached hydrogens (tertiary/aromatic N) is 2. The van der Waals surface area contributed by atoms with E-state index in [9.17, 15) is 9.90 Å². The molecule has 0 aromatic heterocycles. The van der Waals surface area contributed by atoms with Crippen molar-refractivity contribution in [3.63, 3.8) is 0 Å². The SMILES string of the molecule is N#CN1CC2[C@H](CNC(=O)C(O)(c3ccccc3)C3CCCC3)[C@H]2C1. The van der Waals surface area contributed by atoms with E-state index in [1.54, 1.807) is 4.90 Å². The van der Waals surface area contributed by atoms with Crippen molar-refractivity contribution in [1.82, 2.24) is 10.2 Å². The zero-order valence-electron chi connectivity index (χ0n) is 14.4. The Labute approximate surface area is 148 Å². The first kappa shape index (κ1) is 16.4. The quantitative estimate of drug-likeness (QED) is 0.803. The highest BCUT2D eigenvalue weighted by Gasteiger charge is 2.56. The van der Waals surface area contributed by atoms with Gasteiger partial charge in [0.1, 0.15) is 0 Å². The van der Waals surface area contributed by atoms with Crippen molar-refractivity contribution in [1.29, 1.82) is 5.26 Å². The van der Waals surface area contributed by atoms with Crippen LogP contribution in [0.15, 0.2) is 30.3 Å².